The van der Waals surface area contributed by atoms with Crippen LogP contribution in [0.3, 0.4) is 0 Å². The number of hydrogen-bond donors (Lipinski definition) is 0. The van der Waals surface area contributed by atoms with E-state index in [9.17, 15) is 4.79 Å². The van der Waals surface area contributed by atoms with Gasteiger partial charge in [0.05, 0.1) is 12.3 Å². The average Bonchev–Trinajstić information content (AvgIpc) is 2.68. The van der Waals surface area contributed by atoms with Gasteiger partial charge in [-0.05, 0) is 31.2 Å². The van der Waals surface area contributed by atoms with Crippen molar-refractivity contribution in [2.75, 3.05) is 37.7 Å². The van der Waals surface area contributed by atoms with Crippen LogP contribution in [0.5, 0.6) is 5.75 Å². The van der Waals surface area contributed by atoms with Gasteiger partial charge in [0.2, 0.25) is 5.91 Å². The minimum absolute atomic E-state index is 0.0480. The molecule has 1 aromatic carbocycles. The normalized spacial score (nSPS) is 14.6. The van der Waals surface area contributed by atoms with Crippen molar-refractivity contribution in [2.24, 2.45) is 5.92 Å². The van der Waals surface area contributed by atoms with Crippen molar-refractivity contribution in [1.29, 1.82) is 0 Å². The van der Waals surface area contributed by atoms with E-state index in [-0.39, 0.29) is 11.8 Å². The number of piperazine rings is 1. The molecule has 0 aliphatic carbocycles. The van der Waals surface area contributed by atoms with Crippen molar-refractivity contribution < 1.29 is 9.53 Å². The molecule has 0 unspecified atom stereocenters. The van der Waals surface area contributed by atoms with Crippen molar-refractivity contribution in [1.82, 2.24) is 14.9 Å². The summed E-state index contributed by atoms with van der Waals surface area (Å²) in [5.41, 5.74) is 1.92. The fraction of sp³-hybridized carbons (Fsp3) is 0.450. The third-order valence-corrected chi connectivity index (χ3v) is 4.52. The summed E-state index contributed by atoms with van der Waals surface area (Å²) in [5, 5.41) is 0. The molecule has 2 aromatic rings. The number of anilines is 1. The zero-order chi connectivity index (χ0) is 18.5. The molecule has 2 heterocycles. The first-order valence-corrected chi connectivity index (χ1v) is 9.17. The highest BCUT2D eigenvalue weighted by Gasteiger charge is 2.23. The number of carbonyl (C=O) groups excluding carboxylic acids is 1. The quantitative estimate of drug-likeness (QED) is 0.826. The Morgan fingerprint density at radius 3 is 2.42 bits per heavy atom. The Kier molecular flexibility index (Phi) is 5.71. The maximum atomic E-state index is 12.1. The molecule has 1 aliphatic rings. The monoisotopic (exact) mass is 354 g/mol. The molecule has 0 spiro atoms. The van der Waals surface area contributed by atoms with Crippen LogP contribution in [0.2, 0.25) is 0 Å². The van der Waals surface area contributed by atoms with E-state index < -0.39 is 0 Å². The van der Waals surface area contributed by atoms with Crippen LogP contribution < -0.4 is 9.64 Å². The molecule has 1 aromatic heterocycles. The number of ether oxygens (including phenoxy) is 1. The topological polar surface area (TPSA) is 58.6 Å². The summed E-state index contributed by atoms with van der Waals surface area (Å²) < 4.78 is 5.49. The molecular formula is C20H26N4O2. The molecule has 26 heavy (non-hydrogen) atoms. The van der Waals surface area contributed by atoms with Gasteiger partial charge < -0.3 is 14.5 Å². The zero-order valence-electron chi connectivity index (χ0n) is 15.7. The summed E-state index contributed by atoms with van der Waals surface area (Å²) in [5.74, 6) is 2.03. The van der Waals surface area contributed by atoms with E-state index in [1.807, 2.05) is 56.0 Å². The fourth-order valence-corrected chi connectivity index (χ4v) is 3.09. The second-order valence-corrected chi connectivity index (χ2v) is 6.69. The van der Waals surface area contributed by atoms with E-state index in [0.717, 1.165) is 49.0 Å². The van der Waals surface area contributed by atoms with E-state index in [1.54, 1.807) is 6.33 Å². The summed E-state index contributed by atoms with van der Waals surface area (Å²) in [6.07, 6.45) is 1.60. The molecule has 0 saturated carbocycles. The molecule has 0 atom stereocenters. The van der Waals surface area contributed by atoms with Gasteiger partial charge in [-0.1, -0.05) is 13.8 Å². The van der Waals surface area contributed by atoms with Gasteiger partial charge in [0.25, 0.3) is 0 Å². The van der Waals surface area contributed by atoms with E-state index in [4.69, 9.17) is 4.74 Å². The molecule has 1 fully saturated rings. The summed E-state index contributed by atoms with van der Waals surface area (Å²) in [6.45, 7) is 9.57. The first kappa shape index (κ1) is 18.2. The molecule has 1 saturated heterocycles. The lowest BCUT2D eigenvalue weighted by atomic mass is 10.1. The molecule has 0 radical (unpaired) electrons. The van der Waals surface area contributed by atoms with E-state index >= 15 is 0 Å². The second kappa shape index (κ2) is 8.17. The van der Waals surface area contributed by atoms with Crippen LogP contribution in [0, 0.1) is 5.92 Å². The fourth-order valence-electron chi connectivity index (χ4n) is 3.09. The Morgan fingerprint density at radius 2 is 1.81 bits per heavy atom. The lowest BCUT2D eigenvalue weighted by Crippen LogP contribution is -2.50. The van der Waals surface area contributed by atoms with Crippen LogP contribution in [0.1, 0.15) is 20.8 Å². The van der Waals surface area contributed by atoms with Crippen LogP contribution in [-0.4, -0.2) is 53.6 Å². The summed E-state index contributed by atoms with van der Waals surface area (Å²) >= 11 is 0. The van der Waals surface area contributed by atoms with E-state index in [1.165, 1.54) is 0 Å². The van der Waals surface area contributed by atoms with Crippen molar-refractivity contribution in [3.63, 3.8) is 0 Å². The van der Waals surface area contributed by atoms with Gasteiger partial charge >= 0.3 is 0 Å². The Morgan fingerprint density at radius 1 is 1.12 bits per heavy atom. The minimum Gasteiger partial charge on any atom is -0.494 e. The van der Waals surface area contributed by atoms with E-state index in [2.05, 4.69) is 14.9 Å². The highest BCUT2D eigenvalue weighted by Crippen LogP contribution is 2.24. The molecule has 3 rings (SSSR count). The number of benzene rings is 1. The standard InChI is InChI=1S/C20H26N4O2/c1-4-26-17-7-5-16(6-8-17)18-13-19(22-14-21-18)23-9-11-24(12-10-23)20(25)15(2)3/h5-8,13-15H,4,9-12H2,1-3H3. The number of nitrogens with zero attached hydrogens (tertiary/aromatic N) is 4. The Balaban J connectivity index is 1.69. The third-order valence-electron chi connectivity index (χ3n) is 4.52. The maximum Gasteiger partial charge on any atom is 0.225 e. The highest BCUT2D eigenvalue weighted by molar-refractivity contribution is 5.78. The summed E-state index contributed by atoms with van der Waals surface area (Å²) in [7, 11) is 0. The Labute approximate surface area is 154 Å². The number of aromatic nitrogens is 2. The van der Waals surface area contributed by atoms with Crippen molar-refractivity contribution in [3.8, 4) is 17.0 Å². The first-order valence-electron chi connectivity index (χ1n) is 9.17. The lowest BCUT2D eigenvalue weighted by Gasteiger charge is -2.36. The van der Waals surface area contributed by atoms with Gasteiger partial charge in [-0.3, -0.25) is 4.79 Å². The molecule has 6 nitrogen and oxygen atoms in total. The van der Waals surface area contributed by atoms with E-state index in [0.29, 0.717) is 6.61 Å². The van der Waals surface area contributed by atoms with Crippen LogP contribution in [0.25, 0.3) is 11.3 Å². The van der Waals surface area contributed by atoms with Gasteiger partial charge in [0, 0.05) is 43.7 Å². The summed E-state index contributed by atoms with van der Waals surface area (Å²) in [4.78, 5) is 25.1. The molecule has 1 aliphatic heterocycles. The predicted octanol–water partition coefficient (Wildman–Crippen LogP) is 2.85. The van der Waals surface area contributed by atoms with Gasteiger partial charge in [-0.2, -0.15) is 0 Å². The SMILES string of the molecule is CCOc1ccc(-c2cc(N3CCN(C(=O)C(C)C)CC3)ncn2)cc1. The van der Waals surface area contributed by atoms with Crippen LogP contribution in [0.4, 0.5) is 5.82 Å². The highest BCUT2D eigenvalue weighted by atomic mass is 16.5. The summed E-state index contributed by atoms with van der Waals surface area (Å²) in [6, 6.07) is 9.94. The Bertz CT molecular complexity index is 738. The number of carbonyl (C=O) groups is 1. The largest absolute Gasteiger partial charge is 0.494 e. The van der Waals surface area contributed by atoms with Crippen LogP contribution in [-0.2, 0) is 4.79 Å². The average molecular weight is 354 g/mol. The lowest BCUT2D eigenvalue weighted by molar-refractivity contribution is -0.134. The molecule has 6 heteroatoms. The number of amides is 1. The maximum absolute atomic E-state index is 12.1. The minimum atomic E-state index is 0.0480. The van der Waals surface area contributed by atoms with Crippen LogP contribution in [0.15, 0.2) is 36.7 Å². The van der Waals surface area contributed by atoms with Crippen molar-refractivity contribution in [2.45, 2.75) is 20.8 Å². The van der Waals surface area contributed by atoms with Crippen LogP contribution >= 0.6 is 0 Å². The third kappa shape index (κ3) is 4.12. The number of rotatable bonds is 5. The Hall–Kier alpha value is -2.63. The second-order valence-electron chi connectivity index (χ2n) is 6.69. The van der Waals surface area contributed by atoms with Crippen molar-refractivity contribution in [3.05, 3.63) is 36.7 Å². The molecule has 138 valence electrons. The predicted molar refractivity (Wildman–Crippen MR) is 102 cm³/mol. The number of hydrogen-bond acceptors (Lipinski definition) is 5. The van der Waals surface area contributed by atoms with Gasteiger partial charge in [0.1, 0.15) is 17.9 Å². The smallest absolute Gasteiger partial charge is 0.225 e. The molecule has 0 N–H and O–H groups in total. The molecule has 1 amide bonds. The van der Waals surface area contributed by atoms with Crippen molar-refractivity contribution >= 4 is 11.7 Å². The first-order chi connectivity index (χ1) is 12.6. The zero-order valence-corrected chi connectivity index (χ0v) is 15.7. The van der Waals surface area contributed by atoms with Gasteiger partial charge in [-0.15, -0.1) is 0 Å². The van der Waals surface area contributed by atoms with Gasteiger partial charge in [-0.25, -0.2) is 9.97 Å². The molecular weight excluding hydrogens is 328 g/mol. The molecule has 0 bridgehead atoms. The van der Waals surface area contributed by atoms with Gasteiger partial charge in [0.15, 0.2) is 0 Å².